The molecule has 1 aromatic rings. The van der Waals surface area contributed by atoms with Gasteiger partial charge in [-0.2, -0.15) is 0 Å². The van der Waals surface area contributed by atoms with E-state index in [1.54, 1.807) is 0 Å². The summed E-state index contributed by atoms with van der Waals surface area (Å²) in [5.74, 6) is 0.513. The van der Waals surface area contributed by atoms with E-state index in [0.717, 1.165) is 43.3 Å². The maximum absolute atomic E-state index is 6.13. The highest BCUT2D eigenvalue weighted by atomic mass is 32.1. The van der Waals surface area contributed by atoms with Gasteiger partial charge in [-0.3, -0.25) is 9.88 Å². The Balaban J connectivity index is 2.13. The van der Waals surface area contributed by atoms with Crippen molar-refractivity contribution in [2.45, 2.75) is 57.9 Å². The summed E-state index contributed by atoms with van der Waals surface area (Å²) in [6, 6.07) is 6.30. The summed E-state index contributed by atoms with van der Waals surface area (Å²) in [6.07, 6.45) is 9.99. The first-order chi connectivity index (χ1) is 11.9. The van der Waals surface area contributed by atoms with Gasteiger partial charge in [0.15, 0.2) is 0 Å². The Hall–Kier alpha value is -1.26. The number of aromatic nitrogens is 1. The molecule has 1 fully saturated rings. The van der Waals surface area contributed by atoms with E-state index in [-0.39, 0.29) is 11.0 Å². The predicted molar refractivity (Wildman–Crippen MR) is 109 cm³/mol. The first-order valence-corrected chi connectivity index (χ1v) is 9.91. The minimum atomic E-state index is -0.178. The summed E-state index contributed by atoms with van der Waals surface area (Å²) in [4.78, 5) is 10.9. The number of hydrogen-bond acceptors (Lipinski definition) is 3. The smallest absolute Gasteiger partial charge is 0.0928 e. The van der Waals surface area contributed by atoms with E-state index >= 15 is 0 Å². The molecule has 136 valence electrons. The third kappa shape index (κ3) is 3.39. The Morgan fingerprint density at radius 2 is 2.08 bits per heavy atom. The molecule has 0 saturated carbocycles. The topological polar surface area (TPSA) is 19.4 Å². The van der Waals surface area contributed by atoms with Crippen LogP contribution in [0, 0.1) is 5.92 Å². The summed E-state index contributed by atoms with van der Waals surface area (Å²) < 4.78 is 0. The van der Waals surface area contributed by atoms with Gasteiger partial charge in [-0.25, -0.2) is 0 Å². The van der Waals surface area contributed by atoms with Gasteiger partial charge in [-0.05, 0) is 65.0 Å². The highest BCUT2D eigenvalue weighted by Gasteiger charge is 2.52. The SMILES string of the molecule is CCN1CN(C(C)(C)C)CC(c2ccccn2)(C2CC=CCC2)C1=S. The number of rotatable bonds is 3. The molecule has 25 heavy (non-hydrogen) atoms. The first kappa shape index (κ1) is 18.5. The largest absolute Gasteiger partial charge is 0.353 e. The van der Waals surface area contributed by atoms with Crippen LogP contribution in [0.4, 0.5) is 0 Å². The van der Waals surface area contributed by atoms with E-state index in [1.807, 2.05) is 12.3 Å². The zero-order valence-electron chi connectivity index (χ0n) is 16.0. The lowest BCUT2D eigenvalue weighted by Gasteiger charge is -2.55. The Morgan fingerprint density at radius 1 is 1.28 bits per heavy atom. The Morgan fingerprint density at radius 3 is 2.64 bits per heavy atom. The second-order valence-electron chi connectivity index (χ2n) is 8.34. The third-order valence-electron chi connectivity index (χ3n) is 5.87. The van der Waals surface area contributed by atoms with Crippen LogP contribution in [0.2, 0.25) is 0 Å². The van der Waals surface area contributed by atoms with Crippen LogP contribution in [0.15, 0.2) is 36.5 Å². The summed E-state index contributed by atoms with van der Waals surface area (Å²) in [6.45, 7) is 11.9. The molecule has 1 aliphatic carbocycles. The van der Waals surface area contributed by atoms with Crippen molar-refractivity contribution in [1.29, 1.82) is 0 Å². The van der Waals surface area contributed by atoms with Crippen molar-refractivity contribution in [3.63, 3.8) is 0 Å². The lowest BCUT2D eigenvalue weighted by molar-refractivity contribution is 0.0302. The van der Waals surface area contributed by atoms with Gasteiger partial charge in [0.25, 0.3) is 0 Å². The minimum absolute atomic E-state index is 0.105. The average molecular weight is 358 g/mol. The van der Waals surface area contributed by atoms with E-state index < -0.39 is 0 Å². The van der Waals surface area contributed by atoms with Crippen LogP contribution < -0.4 is 0 Å². The van der Waals surface area contributed by atoms with Crippen LogP contribution in [-0.4, -0.2) is 45.1 Å². The van der Waals surface area contributed by atoms with Gasteiger partial charge in [-0.1, -0.05) is 30.4 Å². The third-order valence-corrected chi connectivity index (χ3v) is 6.49. The van der Waals surface area contributed by atoms with Crippen LogP contribution in [0.3, 0.4) is 0 Å². The molecule has 2 unspecified atom stereocenters. The van der Waals surface area contributed by atoms with Crippen LogP contribution >= 0.6 is 12.2 Å². The fourth-order valence-corrected chi connectivity index (χ4v) is 4.76. The predicted octanol–water partition coefficient (Wildman–Crippen LogP) is 4.40. The van der Waals surface area contributed by atoms with Gasteiger partial charge in [0, 0.05) is 24.8 Å². The fourth-order valence-electron chi connectivity index (χ4n) is 4.24. The monoisotopic (exact) mass is 357 g/mol. The second kappa shape index (κ2) is 7.16. The van der Waals surface area contributed by atoms with Crippen molar-refractivity contribution in [1.82, 2.24) is 14.8 Å². The van der Waals surface area contributed by atoms with E-state index in [2.05, 4.69) is 61.8 Å². The maximum Gasteiger partial charge on any atom is 0.0928 e. The van der Waals surface area contributed by atoms with E-state index in [1.165, 1.54) is 6.42 Å². The normalized spacial score (nSPS) is 28.4. The maximum atomic E-state index is 6.13. The highest BCUT2D eigenvalue weighted by Crippen LogP contribution is 2.44. The molecule has 2 atom stereocenters. The summed E-state index contributed by atoms with van der Waals surface area (Å²) in [5.41, 5.74) is 1.07. The molecule has 0 radical (unpaired) electrons. The molecule has 0 bridgehead atoms. The summed E-state index contributed by atoms with van der Waals surface area (Å²) in [7, 11) is 0. The number of pyridine rings is 1. The standard InChI is InChI=1S/C21H31N3S/c1-5-23-16-24(20(2,3)4)15-21(19(23)25,17-11-7-6-8-12-17)18-13-9-10-14-22-18/h6-7,9-10,13-14,17H,5,8,11-12,15-16H2,1-4H3. The van der Waals surface area contributed by atoms with Crippen LogP contribution in [-0.2, 0) is 5.41 Å². The molecular formula is C21H31N3S. The number of thiocarbonyl (C=S) groups is 1. The van der Waals surface area contributed by atoms with Crippen molar-refractivity contribution in [3.05, 3.63) is 42.2 Å². The average Bonchev–Trinajstić information content (AvgIpc) is 2.62. The molecule has 0 aromatic carbocycles. The molecule has 4 heteroatoms. The minimum Gasteiger partial charge on any atom is -0.353 e. The zero-order chi connectivity index (χ0) is 18.1. The van der Waals surface area contributed by atoms with Gasteiger partial charge in [-0.15, -0.1) is 0 Å². The number of allylic oxidation sites excluding steroid dienone is 2. The number of hydrogen-bond donors (Lipinski definition) is 0. The molecule has 1 aliphatic heterocycles. The molecule has 2 heterocycles. The van der Waals surface area contributed by atoms with E-state index in [0.29, 0.717) is 5.92 Å². The van der Waals surface area contributed by atoms with E-state index in [9.17, 15) is 0 Å². The molecule has 0 N–H and O–H groups in total. The Kier molecular flexibility index (Phi) is 5.31. The number of likely N-dealkylation sites (N-methyl/N-ethyl adjacent to an activating group) is 1. The van der Waals surface area contributed by atoms with Crippen molar-refractivity contribution >= 4 is 17.2 Å². The van der Waals surface area contributed by atoms with E-state index in [4.69, 9.17) is 17.2 Å². The zero-order valence-corrected chi connectivity index (χ0v) is 16.9. The molecule has 2 aliphatic rings. The molecule has 3 rings (SSSR count). The summed E-state index contributed by atoms with van der Waals surface area (Å²) >= 11 is 6.13. The molecular weight excluding hydrogens is 326 g/mol. The van der Waals surface area contributed by atoms with Gasteiger partial charge in [0.2, 0.25) is 0 Å². The highest BCUT2D eigenvalue weighted by molar-refractivity contribution is 7.80. The Labute approximate surface area is 158 Å². The quantitative estimate of drug-likeness (QED) is 0.590. The lowest BCUT2D eigenvalue weighted by atomic mass is 9.66. The first-order valence-electron chi connectivity index (χ1n) is 9.50. The fraction of sp³-hybridized carbons (Fsp3) is 0.619. The summed E-state index contributed by atoms with van der Waals surface area (Å²) in [5, 5.41) is 0. The molecule has 1 aromatic heterocycles. The van der Waals surface area contributed by atoms with Crippen molar-refractivity contribution in [2.75, 3.05) is 19.8 Å². The van der Waals surface area contributed by atoms with Gasteiger partial charge in [0.1, 0.15) is 0 Å². The van der Waals surface area contributed by atoms with Gasteiger partial charge >= 0.3 is 0 Å². The molecule has 0 amide bonds. The molecule has 0 spiro atoms. The van der Waals surface area contributed by atoms with Crippen molar-refractivity contribution < 1.29 is 0 Å². The van der Waals surface area contributed by atoms with Crippen LogP contribution in [0.5, 0.6) is 0 Å². The number of nitrogens with zero attached hydrogens (tertiary/aromatic N) is 3. The van der Waals surface area contributed by atoms with Crippen LogP contribution in [0.25, 0.3) is 0 Å². The molecule has 1 saturated heterocycles. The Bertz CT molecular complexity index is 634. The second-order valence-corrected chi connectivity index (χ2v) is 8.73. The van der Waals surface area contributed by atoms with Crippen LogP contribution in [0.1, 0.15) is 52.7 Å². The van der Waals surface area contributed by atoms with Crippen molar-refractivity contribution in [2.24, 2.45) is 5.92 Å². The molecule has 3 nitrogen and oxygen atoms in total. The van der Waals surface area contributed by atoms with Gasteiger partial charge in [0.05, 0.1) is 22.8 Å². The van der Waals surface area contributed by atoms with Gasteiger partial charge < -0.3 is 4.90 Å². The lowest BCUT2D eigenvalue weighted by Crippen LogP contribution is -2.66. The van der Waals surface area contributed by atoms with Crippen molar-refractivity contribution in [3.8, 4) is 0 Å².